The van der Waals surface area contributed by atoms with Crippen molar-refractivity contribution >= 4 is 5.97 Å². The summed E-state index contributed by atoms with van der Waals surface area (Å²) in [5, 5.41) is 9.06. The van der Waals surface area contributed by atoms with Gasteiger partial charge in [-0.1, -0.05) is 37.3 Å². The second-order valence-corrected chi connectivity index (χ2v) is 4.01. The molecule has 2 N–H and O–H groups in total. The molecule has 0 fully saturated rings. The standard InChI is InChI=1S/C14H15NO2/c1-2-13-12(14(16)17)9-11(15-13)8-10-6-4-3-5-7-10/h3-7,9,15H,2,8H2,1H3,(H,16,17). The first-order chi connectivity index (χ1) is 8.20. The van der Waals surface area contributed by atoms with Crippen LogP contribution in [0.4, 0.5) is 0 Å². The highest BCUT2D eigenvalue weighted by molar-refractivity contribution is 5.89. The number of aryl methyl sites for hydroxylation is 1. The molecule has 2 aromatic rings. The first-order valence-corrected chi connectivity index (χ1v) is 5.68. The summed E-state index contributed by atoms with van der Waals surface area (Å²) in [5.41, 5.74) is 3.31. The molecule has 0 bridgehead atoms. The van der Waals surface area contributed by atoms with Gasteiger partial charge < -0.3 is 10.1 Å². The van der Waals surface area contributed by atoms with Crippen molar-refractivity contribution in [3.63, 3.8) is 0 Å². The average molecular weight is 229 g/mol. The molecule has 0 spiro atoms. The van der Waals surface area contributed by atoms with Crippen molar-refractivity contribution in [1.29, 1.82) is 0 Å². The van der Waals surface area contributed by atoms with Gasteiger partial charge in [0.25, 0.3) is 0 Å². The van der Waals surface area contributed by atoms with E-state index in [0.29, 0.717) is 12.0 Å². The first-order valence-electron chi connectivity index (χ1n) is 5.68. The summed E-state index contributed by atoms with van der Waals surface area (Å²) >= 11 is 0. The Morgan fingerprint density at radius 1 is 1.29 bits per heavy atom. The van der Waals surface area contributed by atoms with Crippen LogP contribution in [0, 0.1) is 0 Å². The summed E-state index contributed by atoms with van der Waals surface area (Å²) in [5.74, 6) is -0.864. The molecule has 17 heavy (non-hydrogen) atoms. The van der Waals surface area contributed by atoms with E-state index < -0.39 is 5.97 Å². The predicted molar refractivity (Wildman–Crippen MR) is 66.4 cm³/mol. The van der Waals surface area contributed by atoms with Crippen LogP contribution in [0.5, 0.6) is 0 Å². The van der Waals surface area contributed by atoms with Gasteiger partial charge >= 0.3 is 5.97 Å². The molecule has 0 unspecified atom stereocenters. The molecule has 1 aromatic heterocycles. The van der Waals surface area contributed by atoms with E-state index in [1.54, 1.807) is 6.07 Å². The summed E-state index contributed by atoms with van der Waals surface area (Å²) in [6.45, 7) is 1.95. The summed E-state index contributed by atoms with van der Waals surface area (Å²) < 4.78 is 0. The third-order valence-corrected chi connectivity index (χ3v) is 2.78. The largest absolute Gasteiger partial charge is 0.478 e. The fourth-order valence-electron chi connectivity index (χ4n) is 1.94. The third kappa shape index (κ3) is 2.56. The second kappa shape index (κ2) is 4.87. The van der Waals surface area contributed by atoms with Crippen molar-refractivity contribution in [2.24, 2.45) is 0 Å². The number of carbonyl (C=O) groups is 1. The van der Waals surface area contributed by atoms with Gasteiger partial charge in [0.2, 0.25) is 0 Å². The number of H-pyrrole nitrogens is 1. The van der Waals surface area contributed by atoms with Gasteiger partial charge in [-0.25, -0.2) is 4.79 Å². The molecule has 0 aliphatic carbocycles. The van der Waals surface area contributed by atoms with E-state index in [1.807, 2.05) is 37.3 Å². The Hall–Kier alpha value is -2.03. The minimum absolute atomic E-state index is 0.387. The highest BCUT2D eigenvalue weighted by atomic mass is 16.4. The van der Waals surface area contributed by atoms with Crippen LogP contribution >= 0.6 is 0 Å². The zero-order valence-corrected chi connectivity index (χ0v) is 9.73. The van der Waals surface area contributed by atoms with Crippen LogP contribution in [0.2, 0.25) is 0 Å². The van der Waals surface area contributed by atoms with E-state index in [4.69, 9.17) is 5.11 Å². The van der Waals surface area contributed by atoms with Crippen molar-refractivity contribution < 1.29 is 9.90 Å². The maximum absolute atomic E-state index is 11.0. The summed E-state index contributed by atoms with van der Waals surface area (Å²) in [7, 11) is 0. The topological polar surface area (TPSA) is 53.1 Å². The molecule has 0 amide bonds. The first kappa shape index (κ1) is 11.5. The van der Waals surface area contributed by atoms with E-state index >= 15 is 0 Å². The van der Waals surface area contributed by atoms with Crippen LogP contribution in [0.25, 0.3) is 0 Å². The lowest BCUT2D eigenvalue weighted by Gasteiger charge is -1.98. The number of hydrogen-bond acceptors (Lipinski definition) is 1. The van der Waals surface area contributed by atoms with Gasteiger partial charge in [0.1, 0.15) is 0 Å². The minimum Gasteiger partial charge on any atom is -0.478 e. The van der Waals surface area contributed by atoms with E-state index in [1.165, 1.54) is 5.56 Å². The molecular formula is C14H15NO2. The van der Waals surface area contributed by atoms with Crippen LogP contribution < -0.4 is 0 Å². The van der Waals surface area contributed by atoms with E-state index in [2.05, 4.69) is 4.98 Å². The van der Waals surface area contributed by atoms with Crippen molar-refractivity contribution in [1.82, 2.24) is 4.98 Å². The fraction of sp³-hybridized carbons (Fsp3) is 0.214. The number of hydrogen-bond donors (Lipinski definition) is 2. The molecule has 0 saturated heterocycles. The molecule has 0 saturated carbocycles. The number of carboxylic acid groups (broad SMARTS) is 1. The number of aromatic carboxylic acids is 1. The van der Waals surface area contributed by atoms with Gasteiger partial charge in [0, 0.05) is 17.8 Å². The van der Waals surface area contributed by atoms with Crippen LogP contribution in [-0.4, -0.2) is 16.1 Å². The quantitative estimate of drug-likeness (QED) is 0.847. The smallest absolute Gasteiger partial charge is 0.337 e. The monoisotopic (exact) mass is 229 g/mol. The van der Waals surface area contributed by atoms with Gasteiger partial charge in [-0.3, -0.25) is 0 Å². The lowest BCUT2D eigenvalue weighted by molar-refractivity contribution is 0.0696. The molecule has 1 aromatic carbocycles. The lowest BCUT2D eigenvalue weighted by Crippen LogP contribution is -1.98. The predicted octanol–water partition coefficient (Wildman–Crippen LogP) is 2.87. The van der Waals surface area contributed by atoms with Crippen LogP contribution in [0.3, 0.4) is 0 Å². The Kier molecular flexibility index (Phi) is 3.28. The number of carboxylic acids is 1. The summed E-state index contributed by atoms with van der Waals surface area (Å²) in [4.78, 5) is 14.2. The van der Waals surface area contributed by atoms with Gasteiger partial charge in [0.15, 0.2) is 0 Å². The Morgan fingerprint density at radius 2 is 2.00 bits per heavy atom. The fourth-order valence-corrected chi connectivity index (χ4v) is 1.94. The van der Waals surface area contributed by atoms with Crippen molar-refractivity contribution in [3.05, 3.63) is 58.9 Å². The molecule has 0 radical (unpaired) electrons. The highest BCUT2D eigenvalue weighted by Gasteiger charge is 2.12. The number of benzene rings is 1. The molecule has 0 aliphatic heterocycles. The molecule has 88 valence electrons. The van der Waals surface area contributed by atoms with E-state index in [0.717, 1.165) is 17.8 Å². The van der Waals surface area contributed by atoms with Gasteiger partial charge in [-0.15, -0.1) is 0 Å². The SMILES string of the molecule is CCc1[nH]c(Cc2ccccc2)cc1C(=O)O. The van der Waals surface area contributed by atoms with E-state index in [9.17, 15) is 4.79 Å². The zero-order chi connectivity index (χ0) is 12.3. The molecule has 3 heteroatoms. The molecule has 3 nitrogen and oxygen atoms in total. The molecule has 0 atom stereocenters. The Balaban J connectivity index is 2.26. The van der Waals surface area contributed by atoms with Crippen molar-refractivity contribution in [2.75, 3.05) is 0 Å². The van der Waals surface area contributed by atoms with Crippen LogP contribution in [0.15, 0.2) is 36.4 Å². The van der Waals surface area contributed by atoms with Crippen LogP contribution in [0.1, 0.15) is 34.2 Å². The van der Waals surface area contributed by atoms with Gasteiger partial charge in [-0.2, -0.15) is 0 Å². The molecular weight excluding hydrogens is 214 g/mol. The van der Waals surface area contributed by atoms with Gasteiger partial charge in [-0.05, 0) is 18.1 Å². The number of nitrogens with one attached hydrogen (secondary N) is 1. The normalized spacial score (nSPS) is 10.4. The zero-order valence-electron chi connectivity index (χ0n) is 9.73. The Bertz CT molecular complexity index is 514. The number of rotatable bonds is 4. The molecule has 0 aliphatic rings. The second-order valence-electron chi connectivity index (χ2n) is 4.01. The summed E-state index contributed by atoms with van der Waals surface area (Å²) in [6.07, 6.45) is 1.44. The number of aromatic amines is 1. The Morgan fingerprint density at radius 3 is 2.53 bits per heavy atom. The molecule has 1 heterocycles. The van der Waals surface area contributed by atoms with Crippen LogP contribution in [-0.2, 0) is 12.8 Å². The average Bonchev–Trinajstić information content (AvgIpc) is 2.73. The maximum Gasteiger partial charge on any atom is 0.337 e. The maximum atomic E-state index is 11.0. The Labute approximate surface area is 100 Å². The minimum atomic E-state index is -0.864. The van der Waals surface area contributed by atoms with Gasteiger partial charge in [0.05, 0.1) is 5.56 Å². The number of aromatic nitrogens is 1. The third-order valence-electron chi connectivity index (χ3n) is 2.78. The van der Waals surface area contributed by atoms with Crippen molar-refractivity contribution in [2.45, 2.75) is 19.8 Å². The molecule has 2 rings (SSSR count). The summed E-state index contributed by atoms with van der Waals surface area (Å²) in [6, 6.07) is 11.7. The van der Waals surface area contributed by atoms with Crippen molar-refractivity contribution in [3.8, 4) is 0 Å². The highest BCUT2D eigenvalue weighted by Crippen LogP contribution is 2.15. The lowest BCUT2D eigenvalue weighted by atomic mass is 10.1. The van der Waals surface area contributed by atoms with E-state index in [-0.39, 0.29) is 0 Å².